The summed E-state index contributed by atoms with van der Waals surface area (Å²) >= 11 is 3.44. The standard InChI is InChI=1S/C20H27BrO2/c1-12-13(2)18-10-14(12)9-15(18)11-19(22)23-20(3,4)16-5-7-17(21)8-6-16/h5-8,12-15,18H,9-11H2,1-4H3. The lowest BCUT2D eigenvalue weighted by Gasteiger charge is -2.32. The Balaban J connectivity index is 1.60. The van der Waals surface area contributed by atoms with Crippen LogP contribution in [0.1, 0.15) is 52.5 Å². The third-order valence-electron chi connectivity index (χ3n) is 6.37. The highest BCUT2D eigenvalue weighted by Gasteiger charge is 2.49. The van der Waals surface area contributed by atoms with Crippen LogP contribution in [0.15, 0.2) is 28.7 Å². The molecule has 23 heavy (non-hydrogen) atoms. The second kappa shape index (κ2) is 6.23. The fourth-order valence-electron chi connectivity index (χ4n) is 4.78. The molecule has 0 saturated heterocycles. The molecular weight excluding hydrogens is 352 g/mol. The Hall–Kier alpha value is -0.830. The van der Waals surface area contributed by atoms with Crippen LogP contribution in [-0.2, 0) is 15.1 Å². The van der Waals surface area contributed by atoms with E-state index in [1.807, 2.05) is 38.1 Å². The summed E-state index contributed by atoms with van der Waals surface area (Å²) in [6.07, 6.45) is 3.11. The van der Waals surface area contributed by atoms with Crippen molar-refractivity contribution in [1.29, 1.82) is 0 Å². The van der Waals surface area contributed by atoms with Gasteiger partial charge in [-0.2, -0.15) is 0 Å². The van der Waals surface area contributed by atoms with Crippen LogP contribution in [0.2, 0.25) is 0 Å². The van der Waals surface area contributed by atoms with Gasteiger partial charge in [0.15, 0.2) is 0 Å². The number of fused-ring (bicyclic) bond motifs is 2. The van der Waals surface area contributed by atoms with Crippen molar-refractivity contribution in [2.24, 2.45) is 29.6 Å². The lowest BCUT2D eigenvalue weighted by molar-refractivity contribution is -0.159. The Labute approximate surface area is 148 Å². The van der Waals surface area contributed by atoms with E-state index in [-0.39, 0.29) is 5.97 Å². The van der Waals surface area contributed by atoms with Crippen molar-refractivity contribution in [2.75, 3.05) is 0 Å². The Bertz CT molecular complexity index is 576. The minimum atomic E-state index is -0.575. The molecule has 2 saturated carbocycles. The molecule has 5 unspecified atom stereocenters. The molecule has 1 aromatic carbocycles. The zero-order valence-electron chi connectivity index (χ0n) is 14.5. The van der Waals surface area contributed by atoms with E-state index in [0.29, 0.717) is 12.3 Å². The van der Waals surface area contributed by atoms with Crippen molar-refractivity contribution in [3.63, 3.8) is 0 Å². The summed E-state index contributed by atoms with van der Waals surface area (Å²) in [5.41, 5.74) is 0.456. The highest BCUT2D eigenvalue weighted by Crippen LogP contribution is 2.56. The summed E-state index contributed by atoms with van der Waals surface area (Å²) in [6.45, 7) is 8.68. The number of hydrogen-bond acceptors (Lipinski definition) is 2. The van der Waals surface area contributed by atoms with Gasteiger partial charge in [0.25, 0.3) is 0 Å². The van der Waals surface area contributed by atoms with E-state index < -0.39 is 5.60 Å². The molecule has 2 fully saturated rings. The van der Waals surface area contributed by atoms with E-state index in [2.05, 4.69) is 29.8 Å². The summed E-state index contributed by atoms with van der Waals surface area (Å²) in [5.74, 6) is 3.61. The molecule has 5 atom stereocenters. The van der Waals surface area contributed by atoms with Gasteiger partial charge in [0.2, 0.25) is 0 Å². The number of hydrogen-bond donors (Lipinski definition) is 0. The molecule has 0 aromatic heterocycles. The molecule has 2 aliphatic rings. The van der Waals surface area contributed by atoms with Crippen LogP contribution >= 0.6 is 15.9 Å². The predicted molar refractivity (Wildman–Crippen MR) is 95.9 cm³/mol. The first-order valence-electron chi connectivity index (χ1n) is 8.76. The van der Waals surface area contributed by atoms with Crippen molar-refractivity contribution < 1.29 is 9.53 Å². The zero-order chi connectivity index (χ0) is 16.8. The maximum Gasteiger partial charge on any atom is 0.306 e. The molecule has 2 aliphatic carbocycles. The molecule has 0 N–H and O–H groups in total. The van der Waals surface area contributed by atoms with Crippen LogP contribution in [0.3, 0.4) is 0 Å². The van der Waals surface area contributed by atoms with E-state index in [1.165, 1.54) is 12.8 Å². The fraction of sp³-hybridized carbons (Fsp3) is 0.650. The first-order chi connectivity index (χ1) is 10.8. The quantitative estimate of drug-likeness (QED) is 0.642. The topological polar surface area (TPSA) is 26.3 Å². The molecule has 126 valence electrons. The lowest BCUT2D eigenvalue weighted by Crippen LogP contribution is -2.30. The van der Waals surface area contributed by atoms with E-state index in [1.54, 1.807) is 0 Å². The van der Waals surface area contributed by atoms with Gasteiger partial charge >= 0.3 is 5.97 Å². The summed E-state index contributed by atoms with van der Waals surface area (Å²) < 4.78 is 6.88. The largest absolute Gasteiger partial charge is 0.455 e. The second-order valence-corrected chi connectivity index (χ2v) is 8.98. The molecule has 1 aromatic rings. The van der Waals surface area contributed by atoms with Crippen molar-refractivity contribution in [2.45, 2.75) is 52.6 Å². The molecule has 2 nitrogen and oxygen atoms in total. The molecular formula is C20H27BrO2. The van der Waals surface area contributed by atoms with Gasteiger partial charge in [-0.1, -0.05) is 41.9 Å². The Morgan fingerprint density at radius 3 is 2.39 bits per heavy atom. The van der Waals surface area contributed by atoms with Crippen molar-refractivity contribution in [1.82, 2.24) is 0 Å². The Kier molecular flexibility index (Phi) is 4.61. The van der Waals surface area contributed by atoms with Gasteiger partial charge in [0.1, 0.15) is 5.60 Å². The third-order valence-corrected chi connectivity index (χ3v) is 6.90. The lowest BCUT2D eigenvalue weighted by atomic mass is 9.74. The number of halogens is 1. The molecule has 0 spiro atoms. The van der Waals surface area contributed by atoms with Gasteiger partial charge in [-0.15, -0.1) is 0 Å². The van der Waals surface area contributed by atoms with Crippen molar-refractivity contribution in [3.8, 4) is 0 Å². The molecule has 3 heteroatoms. The fourth-order valence-corrected chi connectivity index (χ4v) is 5.04. The monoisotopic (exact) mass is 378 g/mol. The number of ether oxygens (including phenoxy) is 1. The number of esters is 1. The molecule has 2 bridgehead atoms. The van der Waals surface area contributed by atoms with Gasteiger partial charge in [-0.05, 0) is 74.0 Å². The SMILES string of the molecule is CC1C2CC(CC(=O)OC(C)(C)c3ccc(Br)cc3)C(C2)C1C. The minimum Gasteiger partial charge on any atom is -0.455 e. The number of rotatable bonds is 4. The van der Waals surface area contributed by atoms with E-state index in [0.717, 1.165) is 33.7 Å². The van der Waals surface area contributed by atoms with Gasteiger partial charge in [0, 0.05) is 10.9 Å². The average molecular weight is 379 g/mol. The number of carbonyl (C=O) groups is 1. The zero-order valence-corrected chi connectivity index (χ0v) is 16.1. The maximum absolute atomic E-state index is 12.5. The predicted octanol–water partition coefficient (Wildman–Crippen LogP) is 5.55. The first kappa shape index (κ1) is 17.0. The first-order valence-corrected chi connectivity index (χ1v) is 9.55. The highest BCUT2D eigenvalue weighted by atomic mass is 79.9. The normalized spacial score (nSPS) is 33.0. The van der Waals surface area contributed by atoms with Crippen LogP contribution in [0, 0.1) is 29.6 Å². The molecule has 0 radical (unpaired) electrons. The summed E-state index contributed by atoms with van der Waals surface area (Å²) in [7, 11) is 0. The van der Waals surface area contributed by atoms with E-state index >= 15 is 0 Å². The van der Waals surface area contributed by atoms with Crippen LogP contribution in [-0.4, -0.2) is 5.97 Å². The summed E-state index contributed by atoms with van der Waals surface area (Å²) in [4.78, 5) is 12.5. The van der Waals surface area contributed by atoms with Crippen LogP contribution in [0.4, 0.5) is 0 Å². The van der Waals surface area contributed by atoms with Gasteiger partial charge in [0.05, 0.1) is 0 Å². The van der Waals surface area contributed by atoms with E-state index in [4.69, 9.17) is 4.74 Å². The Morgan fingerprint density at radius 1 is 1.17 bits per heavy atom. The minimum absolute atomic E-state index is 0.0460. The van der Waals surface area contributed by atoms with Crippen LogP contribution in [0.25, 0.3) is 0 Å². The summed E-state index contributed by atoms with van der Waals surface area (Å²) in [5, 5.41) is 0. The second-order valence-electron chi connectivity index (χ2n) is 8.07. The third kappa shape index (κ3) is 3.35. The molecule has 0 aliphatic heterocycles. The van der Waals surface area contributed by atoms with Gasteiger partial charge in [-0.25, -0.2) is 0 Å². The number of benzene rings is 1. The van der Waals surface area contributed by atoms with Gasteiger partial charge < -0.3 is 4.74 Å². The van der Waals surface area contributed by atoms with E-state index in [9.17, 15) is 4.79 Å². The van der Waals surface area contributed by atoms with Crippen LogP contribution < -0.4 is 0 Å². The number of carbonyl (C=O) groups excluding carboxylic acids is 1. The summed E-state index contributed by atoms with van der Waals surface area (Å²) in [6, 6.07) is 8.01. The van der Waals surface area contributed by atoms with Crippen molar-refractivity contribution >= 4 is 21.9 Å². The molecule has 3 rings (SSSR count). The highest BCUT2D eigenvalue weighted by molar-refractivity contribution is 9.10. The smallest absolute Gasteiger partial charge is 0.306 e. The molecule has 0 heterocycles. The molecule has 0 amide bonds. The van der Waals surface area contributed by atoms with Gasteiger partial charge in [-0.3, -0.25) is 4.79 Å². The van der Waals surface area contributed by atoms with Crippen LogP contribution in [0.5, 0.6) is 0 Å². The maximum atomic E-state index is 12.5. The Morgan fingerprint density at radius 2 is 1.83 bits per heavy atom. The van der Waals surface area contributed by atoms with Crippen molar-refractivity contribution in [3.05, 3.63) is 34.3 Å². The average Bonchev–Trinajstić information content (AvgIpc) is 2.99.